The minimum Gasteiger partial charge on any atom is -0.346 e. The maximum atomic E-state index is 14.2. The smallest absolute Gasteiger partial charge is 0.346 e. The molecule has 2 amide bonds. The fourth-order valence-corrected chi connectivity index (χ4v) is 2.72. The van der Waals surface area contributed by atoms with Crippen LogP contribution in [0, 0.1) is 5.82 Å². The van der Waals surface area contributed by atoms with Crippen LogP contribution in [-0.4, -0.2) is 24.0 Å². The number of rotatable bonds is 3. The SMILES string of the molecule is CC1NC(=O)CC(C(=O)NC(C)(C)c2ccc(C(F)(F)F)cc2F)N1. The fourth-order valence-electron chi connectivity index (χ4n) is 2.72. The van der Waals surface area contributed by atoms with Gasteiger partial charge in [-0.3, -0.25) is 14.9 Å². The maximum absolute atomic E-state index is 14.2. The summed E-state index contributed by atoms with van der Waals surface area (Å²) < 4.78 is 52.1. The molecule has 25 heavy (non-hydrogen) atoms. The summed E-state index contributed by atoms with van der Waals surface area (Å²) in [6.45, 7) is 4.61. The second kappa shape index (κ2) is 6.62. The molecular weight excluding hydrogens is 342 g/mol. The lowest BCUT2D eigenvalue weighted by atomic mass is 9.92. The van der Waals surface area contributed by atoms with Crippen molar-refractivity contribution < 1.29 is 27.2 Å². The van der Waals surface area contributed by atoms with Gasteiger partial charge >= 0.3 is 6.18 Å². The van der Waals surface area contributed by atoms with Gasteiger partial charge in [-0.05, 0) is 32.9 Å². The molecule has 0 saturated carbocycles. The summed E-state index contributed by atoms with van der Waals surface area (Å²) in [6.07, 6.45) is -5.13. The van der Waals surface area contributed by atoms with Crippen molar-refractivity contribution in [3.8, 4) is 0 Å². The van der Waals surface area contributed by atoms with E-state index < -0.39 is 41.2 Å². The summed E-state index contributed by atoms with van der Waals surface area (Å²) in [5.41, 5.74) is -2.44. The quantitative estimate of drug-likeness (QED) is 0.722. The van der Waals surface area contributed by atoms with Gasteiger partial charge in [-0.2, -0.15) is 13.2 Å². The minimum absolute atomic E-state index is 0.0813. The highest BCUT2D eigenvalue weighted by Gasteiger charge is 2.35. The van der Waals surface area contributed by atoms with Gasteiger partial charge in [0.15, 0.2) is 0 Å². The predicted octanol–water partition coefficient (Wildman–Crippen LogP) is 2.02. The van der Waals surface area contributed by atoms with Crippen molar-refractivity contribution in [2.24, 2.45) is 0 Å². The van der Waals surface area contributed by atoms with Gasteiger partial charge in [0.25, 0.3) is 0 Å². The van der Waals surface area contributed by atoms with Crippen LogP contribution in [0.2, 0.25) is 0 Å². The number of carbonyl (C=O) groups is 2. The van der Waals surface area contributed by atoms with E-state index in [9.17, 15) is 27.2 Å². The van der Waals surface area contributed by atoms with Gasteiger partial charge in [-0.1, -0.05) is 6.07 Å². The molecule has 0 aliphatic carbocycles. The molecule has 1 fully saturated rings. The summed E-state index contributed by atoms with van der Waals surface area (Å²) in [5.74, 6) is -1.90. The first-order valence-corrected chi connectivity index (χ1v) is 7.65. The normalized spacial score (nSPS) is 21.6. The van der Waals surface area contributed by atoms with Crippen LogP contribution in [0.5, 0.6) is 0 Å². The summed E-state index contributed by atoms with van der Waals surface area (Å²) in [7, 11) is 0. The number of amides is 2. The van der Waals surface area contributed by atoms with Gasteiger partial charge in [0.1, 0.15) is 5.82 Å². The molecule has 138 valence electrons. The average Bonchev–Trinajstić information content (AvgIpc) is 2.44. The molecule has 1 aliphatic heterocycles. The van der Waals surface area contributed by atoms with Gasteiger partial charge in [0, 0.05) is 5.56 Å². The standard InChI is InChI=1S/C16H19F4N3O2/c1-8-21-12(7-13(24)22-8)14(25)23-15(2,3)10-5-4-9(6-11(10)17)16(18,19)20/h4-6,8,12,21H,7H2,1-3H3,(H,22,24)(H,23,25). The highest BCUT2D eigenvalue weighted by Crippen LogP contribution is 2.32. The van der Waals surface area contributed by atoms with Crippen LogP contribution in [0.1, 0.15) is 38.3 Å². The highest BCUT2D eigenvalue weighted by molar-refractivity contribution is 5.90. The molecule has 0 aromatic heterocycles. The van der Waals surface area contributed by atoms with E-state index in [2.05, 4.69) is 16.0 Å². The number of benzene rings is 1. The molecule has 0 radical (unpaired) electrons. The first-order valence-electron chi connectivity index (χ1n) is 7.65. The second-order valence-corrected chi connectivity index (χ2v) is 6.52. The van der Waals surface area contributed by atoms with Crippen LogP contribution in [0.3, 0.4) is 0 Å². The number of nitrogens with one attached hydrogen (secondary N) is 3. The van der Waals surface area contributed by atoms with E-state index in [1.165, 1.54) is 13.8 Å². The van der Waals surface area contributed by atoms with Gasteiger partial charge < -0.3 is 10.6 Å². The third kappa shape index (κ3) is 4.47. The molecule has 1 saturated heterocycles. The van der Waals surface area contributed by atoms with Crippen molar-refractivity contribution >= 4 is 11.8 Å². The maximum Gasteiger partial charge on any atom is 0.416 e. The molecule has 3 N–H and O–H groups in total. The highest BCUT2D eigenvalue weighted by atomic mass is 19.4. The minimum atomic E-state index is -4.65. The molecule has 5 nitrogen and oxygen atoms in total. The molecule has 0 spiro atoms. The van der Waals surface area contributed by atoms with E-state index in [0.717, 1.165) is 12.1 Å². The lowest BCUT2D eigenvalue weighted by Gasteiger charge is -2.33. The molecule has 1 aromatic rings. The summed E-state index contributed by atoms with van der Waals surface area (Å²) in [4.78, 5) is 23.9. The first kappa shape index (κ1) is 19.2. The molecule has 1 aliphatic rings. The second-order valence-electron chi connectivity index (χ2n) is 6.52. The Labute approximate surface area is 142 Å². The van der Waals surface area contributed by atoms with E-state index in [1.807, 2.05) is 0 Å². The Morgan fingerprint density at radius 1 is 1.28 bits per heavy atom. The third-order valence-corrected chi connectivity index (χ3v) is 3.94. The summed E-state index contributed by atoms with van der Waals surface area (Å²) >= 11 is 0. The van der Waals surface area contributed by atoms with E-state index in [-0.39, 0.29) is 17.9 Å². The Morgan fingerprint density at radius 3 is 2.44 bits per heavy atom. The topological polar surface area (TPSA) is 70.2 Å². The van der Waals surface area contributed by atoms with Gasteiger partial charge in [-0.25, -0.2) is 4.39 Å². The number of halogens is 4. The molecular formula is C16H19F4N3O2. The van der Waals surface area contributed by atoms with E-state index in [0.29, 0.717) is 6.07 Å². The predicted molar refractivity (Wildman–Crippen MR) is 81.7 cm³/mol. The monoisotopic (exact) mass is 361 g/mol. The van der Waals surface area contributed by atoms with E-state index >= 15 is 0 Å². The zero-order chi connectivity index (χ0) is 19.0. The van der Waals surface area contributed by atoms with E-state index in [1.54, 1.807) is 6.92 Å². The Balaban J connectivity index is 2.18. The molecule has 0 bridgehead atoms. The average molecular weight is 361 g/mol. The van der Waals surface area contributed by atoms with Crippen molar-refractivity contribution in [3.63, 3.8) is 0 Å². The van der Waals surface area contributed by atoms with Crippen molar-refractivity contribution in [1.82, 2.24) is 16.0 Å². The Kier molecular flexibility index (Phi) is 5.08. The Hall–Kier alpha value is -2.16. The van der Waals surface area contributed by atoms with Crippen molar-refractivity contribution in [3.05, 3.63) is 35.1 Å². The van der Waals surface area contributed by atoms with Gasteiger partial charge in [-0.15, -0.1) is 0 Å². The molecule has 1 heterocycles. The number of alkyl halides is 3. The van der Waals surface area contributed by atoms with Crippen LogP contribution in [0.25, 0.3) is 0 Å². The lowest BCUT2D eigenvalue weighted by molar-refractivity contribution is -0.137. The summed E-state index contributed by atoms with van der Waals surface area (Å²) in [5, 5.41) is 8.05. The first-order chi connectivity index (χ1) is 11.4. The van der Waals surface area contributed by atoms with Crippen LogP contribution >= 0.6 is 0 Å². The van der Waals surface area contributed by atoms with Gasteiger partial charge in [0.2, 0.25) is 11.8 Å². The van der Waals surface area contributed by atoms with Crippen molar-refractivity contribution in [2.75, 3.05) is 0 Å². The molecule has 2 atom stereocenters. The molecule has 2 rings (SSSR count). The molecule has 2 unspecified atom stereocenters. The zero-order valence-electron chi connectivity index (χ0n) is 13.9. The number of hydrogen-bond donors (Lipinski definition) is 3. The van der Waals surface area contributed by atoms with E-state index in [4.69, 9.17) is 0 Å². The van der Waals surface area contributed by atoms with Crippen LogP contribution in [-0.2, 0) is 21.3 Å². The largest absolute Gasteiger partial charge is 0.416 e. The Morgan fingerprint density at radius 2 is 1.92 bits per heavy atom. The van der Waals surface area contributed by atoms with Crippen molar-refractivity contribution in [1.29, 1.82) is 0 Å². The van der Waals surface area contributed by atoms with Gasteiger partial charge in [0.05, 0.1) is 29.7 Å². The fraction of sp³-hybridized carbons (Fsp3) is 0.500. The third-order valence-electron chi connectivity index (χ3n) is 3.94. The molecule has 1 aromatic carbocycles. The Bertz CT molecular complexity index is 688. The van der Waals surface area contributed by atoms with Crippen molar-refractivity contribution in [2.45, 2.75) is 51.1 Å². The van der Waals surface area contributed by atoms with Crippen LogP contribution in [0.15, 0.2) is 18.2 Å². The lowest BCUT2D eigenvalue weighted by Crippen LogP contribution is -2.61. The number of carbonyl (C=O) groups excluding carboxylic acids is 2. The van der Waals surface area contributed by atoms with Crippen LogP contribution < -0.4 is 16.0 Å². The molecule has 9 heteroatoms. The van der Waals surface area contributed by atoms with Crippen LogP contribution in [0.4, 0.5) is 17.6 Å². The summed E-state index contributed by atoms with van der Waals surface area (Å²) in [6, 6.07) is 1.36. The number of hydrogen-bond acceptors (Lipinski definition) is 3. The zero-order valence-corrected chi connectivity index (χ0v) is 13.9.